The predicted molar refractivity (Wildman–Crippen MR) is 111 cm³/mol. The van der Waals surface area contributed by atoms with Crippen molar-refractivity contribution >= 4 is 22.5 Å². The van der Waals surface area contributed by atoms with Crippen LogP contribution in [0.2, 0.25) is 0 Å². The fourth-order valence-electron chi connectivity index (χ4n) is 3.72. The molecule has 28 heavy (non-hydrogen) atoms. The Kier molecular flexibility index (Phi) is 5.18. The summed E-state index contributed by atoms with van der Waals surface area (Å²) in [5, 5.41) is 16.8. The van der Waals surface area contributed by atoms with Crippen LogP contribution in [-0.2, 0) is 0 Å². The van der Waals surface area contributed by atoms with Crippen molar-refractivity contribution in [3.63, 3.8) is 0 Å². The van der Waals surface area contributed by atoms with E-state index in [0.29, 0.717) is 5.96 Å². The SMILES string of the molecule is CN1CC[N+](=C(NC#N)Nc2cccc3ncccc23)C(c2ccccc2)C1. The third-order valence-corrected chi connectivity index (χ3v) is 5.13. The number of anilines is 1. The van der Waals surface area contributed by atoms with Crippen LogP contribution in [0.1, 0.15) is 11.6 Å². The van der Waals surface area contributed by atoms with E-state index >= 15 is 0 Å². The molecular weight excluding hydrogens is 348 g/mol. The van der Waals surface area contributed by atoms with E-state index in [1.54, 1.807) is 6.20 Å². The van der Waals surface area contributed by atoms with Gasteiger partial charge in [0.05, 0.1) is 12.1 Å². The van der Waals surface area contributed by atoms with Gasteiger partial charge in [-0.15, -0.1) is 0 Å². The van der Waals surface area contributed by atoms with Crippen molar-refractivity contribution in [3.8, 4) is 6.19 Å². The molecule has 1 fully saturated rings. The molecule has 2 heterocycles. The molecule has 0 spiro atoms. The first kappa shape index (κ1) is 18.0. The third kappa shape index (κ3) is 3.66. The standard InChI is InChI=1S/C22H22N6/c1-27-13-14-28(21(15-27)17-7-3-2-4-8-17)22(25-16-23)26-20-11-5-10-19-18(20)9-6-12-24-19/h2-12,21H,13-15H2,1H3,(H,24,25,26)/p+1. The second-order valence-corrected chi connectivity index (χ2v) is 6.97. The largest absolute Gasteiger partial charge is 0.365 e. The van der Waals surface area contributed by atoms with Crippen LogP contribution in [0.4, 0.5) is 5.69 Å². The lowest BCUT2D eigenvalue weighted by Crippen LogP contribution is -2.48. The Bertz CT molecular complexity index is 1030. The molecule has 2 aromatic carbocycles. The van der Waals surface area contributed by atoms with Crippen LogP contribution in [0.5, 0.6) is 0 Å². The van der Waals surface area contributed by atoms with Gasteiger partial charge in [0, 0.05) is 24.7 Å². The Morgan fingerprint density at radius 2 is 2.00 bits per heavy atom. The number of fused-ring (bicyclic) bond motifs is 1. The first-order chi connectivity index (χ1) is 13.8. The first-order valence-corrected chi connectivity index (χ1v) is 9.39. The van der Waals surface area contributed by atoms with Crippen LogP contribution < -0.4 is 10.6 Å². The second kappa shape index (κ2) is 8.07. The average molecular weight is 371 g/mol. The maximum Gasteiger partial charge on any atom is 0.365 e. The molecule has 0 bridgehead atoms. The smallest absolute Gasteiger partial charge is 0.299 e. The summed E-state index contributed by atoms with van der Waals surface area (Å²) in [5.74, 6) is 0.695. The maximum absolute atomic E-state index is 9.40. The summed E-state index contributed by atoms with van der Waals surface area (Å²) in [5.41, 5.74) is 3.07. The van der Waals surface area contributed by atoms with Gasteiger partial charge >= 0.3 is 5.96 Å². The van der Waals surface area contributed by atoms with Crippen LogP contribution in [0.15, 0.2) is 66.9 Å². The number of nitrogens with zero attached hydrogens (tertiary/aromatic N) is 4. The quantitative estimate of drug-likeness (QED) is 0.314. The number of benzene rings is 2. The molecule has 1 atom stereocenters. The van der Waals surface area contributed by atoms with Crippen molar-refractivity contribution in [2.75, 3.05) is 32.0 Å². The van der Waals surface area contributed by atoms with E-state index in [2.05, 4.69) is 62.6 Å². The van der Waals surface area contributed by atoms with Crippen LogP contribution in [0, 0.1) is 11.5 Å². The fourth-order valence-corrected chi connectivity index (χ4v) is 3.72. The first-order valence-electron chi connectivity index (χ1n) is 9.39. The van der Waals surface area contributed by atoms with E-state index in [1.807, 2.05) is 36.4 Å². The molecule has 6 heteroatoms. The van der Waals surface area contributed by atoms with Gasteiger partial charge in [-0.2, -0.15) is 10.6 Å². The molecule has 0 aliphatic carbocycles. The number of hydrogen-bond acceptors (Lipinski definition) is 3. The number of guanidine groups is 1. The average Bonchev–Trinajstić information content (AvgIpc) is 2.74. The van der Waals surface area contributed by atoms with Crippen LogP contribution in [0.25, 0.3) is 10.9 Å². The highest BCUT2D eigenvalue weighted by Gasteiger charge is 2.29. The molecule has 140 valence electrons. The minimum atomic E-state index is 0.149. The minimum absolute atomic E-state index is 0.149. The van der Waals surface area contributed by atoms with Crippen molar-refractivity contribution < 1.29 is 4.58 Å². The monoisotopic (exact) mass is 371 g/mol. The number of rotatable bonds is 2. The van der Waals surface area contributed by atoms with Gasteiger partial charge in [-0.05, 0) is 36.9 Å². The lowest BCUT2D eigenvalue weighted by atomic mass is 10.0. The molecule has 0 radical (unpaired) electrons. The van der Waals surface area contributed by atoms with Crippen molar-refractivity contribution in [1.29, 1.82) is 5.26 Å². The van der Waals surface area contributed by atoms with Gasteiger partial charge in [-0.3, -0.25) is 14.5 Å². The normalized spacial score (nSPS) is 19.1. The predicted octanol–water partition coefficient (Wildman–Crippen LogP) is 2.77. The molecule has 3 aromatic rings. The number of pyridine rings is 1. The molecule has 4 rings (SSSR count). The lowest BCUT2D eigenvalue weighted by molar-refractivity contribution is -0.585. The van der Waals surface area contributed by atoms with E-state index < -0.39 is 0 Å². The summed E-state index contributed by atoms with van der Waals surface area (Å²) in [6.45, 7) is 2.63. The molecule has 6 nitrogen and oxygen atoms in total. The van der Waals surface area contributed by atoms with Gasteiger partial charge in [0.15, 0.2) is 0 Å². The highest BCUT2D eigenvalue weighted by atomic mass is 15.3. The fraction of sp³-hybridized carbons (Fsp3) is 0.227. The molecule has 1 aromatic heterocycles. The van der Waals surface area contributed by atoms with E-state index in [0.717, 1.165) is 36.2 Å². The Labute approximate surface area is 164 Å². The third-order valence-electron chi connectivity index (χ3n) is 5.13. The molecule has 0 amide bonds. The number of nitriles is 1. The molecule has 0 saturated carbocycles. The molecule has 2 N–H and O–H groups in total. The second-order valence-electron chi connectivity index (χ2n) is 6.97. The molecule has 1 aliphatic heterocycles. The minimum Gasteiger partial charge on any atom is -0.299 e. The number of hydrogen-bond donors (Lipinski definition) is 2. The maximum atomic E-state index is 9.40. The van der Waals surface area contributed by atoms with Crippen LogP contribution >= 0.6 is 0 Å². The zero-order valence-corrected chi connectivity index (χ0v) is 15.8. The van der Waals surface area contributed by atoms with Crippen molar-refractivity contribution in [1.82, 2.24) is 15.2 Å². The molecule has 1 saturated heterocycles. The van der Waals surface area contributed by atoms with E-state index in [9.17, 15) is 5.26 Å². The Morgan fingerprint density at radius 1 is 1.14 bits per heavy atom. The lowest BCUT2D eigenvalue weighted by Gasteiger charge is -2.33. The Hall–Kier alpha value is -3.43. The summed E-state index contributed by atoms with van der Waals surface area (Å²) in [6, 6.07) is 20.5. The van der Waals surface area contributed by atoms with Gasteiger partial charge in [0.1, 0.15) is 11.7 Å². The van der Waals surface area contributed by atoms with Crippen molar-refractivity contribution in [3.05, 3.63) is 72.4 Å². The van der Waals surface area contributed by atoms with Crippen LogP contribution in [0.3, 0.4) is 0 Å². The summed E-state index contributed by atoms with van der Waals surface area (Å²) in [7, 11) is 2.13. The van der Waals surface area contributed by atoms with Gasteiger partial charge < -0.3 is 0 Å². The topological polar surface area (TPSA) is 67.0 Å². The van der Waals surface area contributed by atoms with Gasteiger partial charge in [-0.25, -0.2) is 5.32 Å². The van der Waals surface area contributed by atoms with E-state index in [-0.39, 0.29) is 6.04 Å². The summed E-state index contributed by atoms with van der Waals surface area (Å²) < 4.78 is 2.24. The highest BCUT2D eigenvalue weighted by molar-refractivity contribution is 6.00. The van der Waals surface area contributed by atoms with Gasteiger partial charge in [-0.1, -0.05) is 36.4 Å². The van der Waals surface area contributed by atoms with Crippen molar-refractivity contribution in [2.45, 2.75) is 6.04 Å². The molecular formula is C22H23N6+. The zero-order chi connectivity index (χ0) is 19.3. The summed E-state index contributed by atoms with van der Waals surface area (Å²) in [6.07, 6.45) is 3.88. The number of likely N-dealkylation sites (N-methyl/N-ethyl adjacent to an activating group) is 1. The number of nitrogens with one attached hydrogen (secondary N) is 2. The Morgan fingerprint density at radius 3 is 2.82 bits per heavy atom. The number of piperazine rings is 1. The number of aromatic nitrogens is 1. The summed E-state index contributed by atoms with van der Waals surface area (Å²) in [4.78, 5) is 6.74. The Balaban J connectivity index is 1.78. The summed E-state index contributed by atoms with van der Waals surface area (Å²) >= 11 is 0. The molecule has 1 aliphatic rings. The molecule has 1 unspecified atom stereocenters. The highest BCUT2D eigenvalue weighted by Crippen LogP contribution is 2.24. The van der Waals surface area contributed by atoms with Gasteiger partial charge in [0.2, 0.25) is 0 Å². The van der Waals surface area contributed by atoms with E-state index in [1.165, 1.54) is 5.56 Å². The van der Waals surface area contributed by atoms with Crippen LogP contribution in [-0.4, -0.2) is 47.1 Å². The van der Waals surface area contributed by atoms with Gasteiger partial charge in [0.25, 0.3) is 6.19 Å². The zero-order valence-electron chi connectivity index (χ0n) is 15.8. The van der Waals surface area contributed by atoms with Crippen molar-refractivity contribution in [2.24, 2.45) is 0 Å². The van der Waals surface area contributed by atoms with E-state index in [4.69, 9.17) is 0 Å².